The number of nitrogens with one attached hydrogen (secondary N) is 1. The third-order valence-electron chi connectivity index (χ3n) is 4.82. The number of nitrogens with zero attached hydrogens (tertiary/aromatic N) is 1. The Balaban J connectivity index is 2.38. The molecule has 0 radical (unpaired) electrons. The Labute approximate surface area is 167 Å². The van der Waals surface area contributed by atoms with Crippen LogP contribution >= 0.6 is 0 Å². The van der Waals surface area contributed by atoms with Crippen LogP contribution in [-0.4, -0.2) is 38.9 Å². The maximum Gasteiger partial charge on any atom is 0.328 e. The van der Waals surface area contributed by atoms with Crippen molar-refractivity contribution in [1.82, 2.24) is 4.98 Å². The molecule has 0 aliphatic heterocycles. The Morgan fingerprint density at radius 3 is 2.52 bits per heavy atom. The molecule has 1 heterocycles. The molecule has 7 heteroatoms. The van der Waals surface area contributed by atoms with E-state index in [2.05, 4.69) is 10.3 Å². The first kappa shape index (κ1) is 20.5. The van der Waals surface area contributed by atoms with Crippen molar-refractivity contribution in [2.45, 2.75) is 32.7 Å². The number of aryl methyl sites for hydroxylation is 1. The number of carbonyl (C=O) groups is 1. The number of pyridine rings is 1. The maximum atomic E-state index is 13.9. The largest absolute Gasteiger partial charge is 0.508 e. The zero-order valence-electron chi connectivity index (χ0n) is 16.4. The molecule has 0 bridgehead atoms. The standard InChI is InChI=1S/C22H23FN2O4/c1-11(2)19-20(13-4-7-16(23)12(3)8-13)15-6-5-14(27)9-17(15)24-21(19)25-18(10-26)22(28)29/h4-9,11,18,26-27H,10H2,1-3H3,(H,24,25)(H,28,29)/t18-/m0/s1. The number of rotatable bonds is 6. The molecule has 0 aliphatic carbocycles. The quantitative estimate of drug-likeness (QED) is 0.500. The molecule has 0 unspecified atom stereocenters. The SMILES string of the molecule is Cc1cc(-c2c(C(C)C)c(N[C@@H](CO)C(=O)O)nc3cc(O)ccc23)ccc1F. The van der Waals surface area contributed by atoms with Gasteiger partial charge in [0.05, 0.1) is 12.1 Å². The van der Waals surface area contributed by atoms with Crippen molar-refractivity contribution >= 4 is 22.7 Å². The van der Waals surface area contributed by atoms with Gasteiger partial charge in [-0.3, -0.25) is 0 Å². The number of benzene rings is 2. The molecule has 6 nitrogen and oxygen atoms in total. The van der Waals surface area contributed by atoms with E-state index in [4.69, 9.17) is 0 Å². The van der Waals surface area contributed by atoms with Crippen molar-refractivity contribution in [1.29, 1.82) is 0 Å². The minimum atomic E-state index is -1.24. The highest BCUT2D eigenvalue weighted by atomic mass is 19.1. The first-order valence-electron chi connectivity index (χ1n) is 9.26. The first-order valence-corrected chi connectivity index (χ1v) is 9.26. The van der Waals surface area contributed by atoms with Crippen LogP contribution in [0.15, 0.2) is 36.4 Å². The number of hydrogen-bond acceptors (Lipinski definition) is 5. The summed E-state index contributed by atoms with van der Waals surface area (Å²) in [7, 11) is 0. The van der Waals surface area contributed by atoms with Gasteiger partial charge in [-0.05, 0) is 53.8 Å². The molecule has 0 saturated carbocycles. The lowest BCUT2D eigenvalue weighted by Gasteiger charge is -2.23. The molecule has 2 aromatic carbocycles. The second kappa shape index (κ2) is 8.05. The van der Waals surface area contributed by atoms with Crippen LogP contribution in [0.5, 0.6) is 5.75 Å². The van der Waals surface area contributed by atoms with Crippen molar-refractivity contribution in [3.63, 3.8) is 0 Å². The van der Waals surface area contributed by atoms with Crippen molar-refractivity contribution in [3.8, 4) is 16.9 Å². The molecule has 0 amide bonds. The molecular weight excluding hydrogens is 375 g/mol. The Morgan fingerprint density at radius 1 is 1.21 bits per heavy atom. The summed E-state index contributed by atoms with van der Waals surface area (Å²) < 4.78 is 13.9. The van der Waals surface area contributed by atoms with Gasteiger partial charge in [0.2, 0.25) is 0 Å². The van der Waals surface area contributed by atoms with Gasteiger partial charge < -0.3 is 20.6 Å². The van der Waals surface area contributed by atoms with Crippen LogP contribution in [0.3, 0.4) is 0 Å². The number of aliphatic hydroxyl groups is 1. The van der Waals surface area contributed by atoms with Crippen molar-refractivity contribution in [3.05, 3.63) is 53.3 Å². The fourth-order valence-electron chi connectivity index (χ4n) is 3.40. The van der Waals surface area contributed by atoms with Crippen LogP contribution < -0.4 is 5.32 Å². The summed E-state index contributed by atoms with van der Waals surface area (Å²) in [4.78, 5) is 16.0. The predicted molar refractivity (Wildman–Crippen MR) is 110 cm³/mol. The number of hydrogen-bond donors (Lipinski definition) is 4. The van der Waals surface area contributed by atoms with E-state index in [1.807, 2.05) is 13.8 Å². The summed E-state index contributed by atoms with van der Waals surface area (Å²) in [5.74, 6) is -1.26. The summed E-state index contributed by atoms with van der Waals surface area (Å²) in [6, 6.07) is 8.32. The molecule has 3 aromatic rings. The van der Waals surface area contributed by atoms with E-state index in [0.717, 1.165) is 22.1 Å². The van der Waals surface area contributed by atoms with Crippen molar-refractivity contribution < 1.29 is 24.5 Å². The van der Waals surface area contributed by atoms with E-state index < -0.39 is 18.6 Å². The zero-order chi connectivity index (χ0) is 21.3. The van der Waals surface area contributed by atoms with Crippen LogP contribution in [0.1, 0.15) is 30.9 Å². The number of fused-ring (bicyclic) bond motifs is 1. The first-order chi connectivity index (χ1) is 13.7. The molecule has 0 aliphatic rings. The van der Waals surface area contributed by atoms with Gasteiger partial charge in [0.15, 0.2) is 0 Å². The van der Waals surface area contributed by atoms with Gasteiger partial charge in [0.25, 0.3) is 0 Å². The smallest absolute Gasteiger partial charge is 0.328 e. The van der Waals surface area contributed by atoms with Crippen LogP contribution in [0.25, 0.3) is 22.0 Å². The van der Waals surface area contributed by atoms with Gasteiger partial charge in [0.1, 0.15) is 23.4 Å². The van der Waals surface area contributed by atoms with E-state index in [0.29, 0.717) is 16.9 Å². The van der Waals surface area contributed by atoms with Gasteiger partial charge in [0, 0.05) is 17.0 Å². The Morgan fingerprint density at radius 2 is 1.93 bits per heavy atom. The average Bonchev–Trinajstić information content (AvgIpc) is 2.66. The molecule has 0 fully saturated rings. The predicted octanol–water partition coefficient (Wildman–Crippen LogP) is 4.04. The molecule has 1 atom stereocenters. The van der Waals surface area contributed by atoms with Gasteiger partial charge in [-0.1, -0.05) is 19.9 Å². The van der Waals surface area contributed by atoms with Crippen LogP contribution in [-0.2, 0) is 4.79 Å². The highest BCUT2D eigenvalue weighted by Crippen LogP contribution is 2.40. The molecule has 3 rings (SSSR count). The lowest BCUT2D eigenvalue weighted by atomic mass is 9.89. The molecular formula is C22H23FN2O4. The number of aromatic hydroxyl groups is 1. The average molecular weight is 398 g/mol. The molecule has 1 aromatic heterocycles. The highest BCUT2D eigenvalue weighted by molar-refractivity contribution is 5.99. The minimum Gasteiger partial charge on any atom is -0.508 e. The summed E-state index contributed by atoms with van der Waals surface area (Å²) in [6.07, 6.45) is 0. The number of anilines is 1. The number of phenols is 1. The number of carboxylic acid groups (broad SMARTS) is 1. The second-order valence-corrected chi connectivity index (χ2v) is 7.29. The number of aliphatic carboxylic acids is 1. The minimum absolute atomic E-state index is 0.0198. The molecule has 152 valence electrons. The van der Waals surface area contributed by atoms with E-state index in [-0.39, 0.29) is 17.5 Å². The highest BCUT2D eigenvalue weighted by Gasteiger charge is 2.24. The lowest BCUT2D eigenvalue weighted by molar-refractivity contribution is -0.138. The summed E-state index contributed by atoms with van der Waals surface area (Å²) in [5.41, 5.74) is 3.21. The fraction of sp³-hybridized carbons (Fsp3) is 0.273. The summed E-state index contributed by atoms with van der Waals surface area (Å²) >= 11 is 0. The van der Waals surface area contributed by atoms with Gasteiger partial charge in [-0.2, -0.15) is 0 Å². The summed E-state index contributed by atoms with van der Waals surface area (Å²) in [6.45, 7) is 4.96. The van der Waals surface area contributed by atoms with E-state index in [1.54, 1.807) is 31.2 Å². The molecule has 29 heavy (non-hydrogen) atoms. The van der Waals surface area contributed by atoms with Gasteiger partial charge in [-0.25, -0.2) is 14.2 Å². The third-order valence-corrected chi connectivity index (χ3v) is 4.82. The summed E-state index contributed by atoms with van der Waals surface area (Å²) in [5, 5.41) is 32.3. The topological polar surface area (TPSA) is 103 Å². The Bertz CT molecular complexity index is 1080. The van der Waals surface area contributed by atoms with Crippen molar-refractivity contribution in [2.75, 3.05) is 11.9 Å². The van der Waals surface area contributed by atoms with Crippen LogP contribution in [0.2, 0.25) is 0 Å². The fourth-order valence-corrected chi connectivity index (χ4v) is 3.40. The number of halogens is 1. The molecule has 0 saturated heterocycles. The Hall–Kier alpha value is -3.19. The van der Waals surface area contributed by atoms with E-state index >= 15 is 0 Å². The maximum absolute atomic E-state index is 13.9. The normalized spacial score (nSPS) is 12.3. The molecule has 4 N–H and O–H groups in total. The lowest BCUT2D eigenvalue weighted by Crippen LogP contribution is -2.33. The number of phenolic OH excluding ortho intramolecular Hbond substituents is 1. The van der Waals surface area contributed by atoms with E-state index in [9.17, 15) is 24.5 Å². The number of aliphatic hydroxyl groups excluding tert-OH is 1. The second-order valence-electron chi connectivity index (χ2n) is 7.29. The third kappa shape index (κ3) is 4.00. The van der Waals surface area contributed by atoms with Crippen LogP contribution in [0, 0.1) is 12.7 Å². The Kier molecular flexibility index (Phi) is 5.70. The van der Waals surface area contributed by atoms with Crippen molar-refractivity contribution in [2.24, 2.45) is 0 Å². The van der Waals surface area contributed by atoms with Gasteiger partial charge >= 0.3 is 5.97 Å². The monoisotopic (exact) mass is 398 g/mol. The zero-order valence-corrected chi connectivity index (χ0v) is 16.4. The molecule has 0 spiro atoms. The van der Waals surface area contributed by atoms with E-state index in [1.165, 1.54) is 12.1 Å². The van der Waals surface area contributed by atoms with Gasteiger partial charge in [-0.15, -0.1) is 0 Å². The van der Waals surface area contributed by atoms with Crippen LogP contribution in [0.4, 0.5) is 10.2 Å². The number of aromatic nitrogens is 1. The number of carboxylic acids is 1.